The van der Waals surface area contributed by atoms with Crippen molar-refractivity contribution in [3.63, 3.8) is 0 Å². The van der Waals surface area contributed by atoms with Crippen LogP contribution in [0, 0.1) is 0 Å². The molecule has 0 spiro atoms. The molecule has 2 aromatic carbocycles. The van der Waals surface area contributed by atoms with Crippen LogP contribution in [-0.2, 0) is 0 Å². The van der Waals surface area contributed by atoms with Gasteiger partial charge in [-0.05, 0) is 25.0 Å². The lowest BCUT2D eigenvalue weighted by Gasteiger charge is -2.43. The number of nitrogens with one attached hydrogen (secondary N) is 1. The predicted octanol–water partition coefficient (Wildman–Crippen LogP) is 5.76. The zero-order valence-corrected chi connectivity index (χ0v) is 16.6. The van der Waals surface area contributed by atoms with Crippen molar-refractivity contribution in [1.29, 1.82) is 0 Å². The highest BCUT2D eigenvalue weighted by molar-refractivity contribution is 5.85. The summed E-state index contributed by atoms with van der Waals surface area (Å²) in [6, 6.07) is 12.9. The van der Waals surface area contributed by atoms with Crippen molar-refractivity contribution in [3.05, 3.63) is 70.8 Å². The van der Waals surface area contributed by atoms with E-state index in [0.29, 0.717) is 0 Å². The fraction of sp³-hybridized carbons (Fsp3) is 0.429. The first-order chi connectivity index (χ1) is 12.9. The fourth-order valence-corrected chi connectivity index (χ4v) is 3.63. The molecule has 154 valence electrons. The van der Waals surface area contributed by atoms with Crippen LogP contribution in [0.3, 0.4) is 0 Å². The van der Waals surface area contributed by atoms with Crippen LogP contribution in [0.25, 0.3) is 0 Å². The van der Waals surface area contributed by atoms with Gasteiger partial charge in [0.25, 0.3) is 12.9 Å². The molecule has 0 unspecified atom stereocenters. The van der Waals surface area contributed by atoms with E-state index in [2.05, 4.69) is 24.1 Å². The molecular formula is C21H25ClF4N2. The molecule has 2 aromatic rings. The number of nitrogens with zero attached hydrogens (tertiary/aromatic N) is 1. The Kier molecular flexibility index (Phi) is 7.87. The summed E-state index contributed by atoms with van der Waals surface area (Å²) >= 11 is 0. The Labute approximate surface area is 169 Å². The van der Waals surface area contributed by atoms with Crippen LogP contribution in [0.4, 0.5) is 17.6 Å². The van der Waals surface area contributed by atoms with Crippen molar-refractivity contribution in [1.82, 2.24) is 10.2 Å². The normalized spacial score (nSPS) is 20.6. The average molecular weight is 417 g/mol. The van der Waals surface area contributed by atoms with Gasteiger partial charge in [-0.2, -0.15) is 0 Å². The van der Waals surface area contributed by atoms with E-state index in [0.717, 1.165) is 24.2 Å². The number of hydrogen-bond donors (Lipinski definition) is 1. The third-order valence-electron chi connectivity index (χ3n) is 5.15. The summed E-state index contributed by atoms with van der Waals surface area (Å²) in [5, 5.41) is 3.43. The highest BCUT2D eigenvalue weighted by atomic mass is 35.5. The van der Waals surface area contributed by atoms with E-state index < -0.39 is 12.9 Å². The second kappa shape index (κ2) is 9.72. The average Bonchev–Trinajstić information content (AvgIpc) is 2.65. The van der Waals surface area contributed by atoms with E-state index >= 15 is 0 Å². The third-order valence-corrected chi connectivity index (χ3v) is 5.15. The van der Waals surface area contributed by atoms with E-state index in [4.69, 9.17) is 0 Å². The van der Waals surface area contributed by atoms with Crippen molar-refractivity contribution in [3.8, 4) is 0 Å². The second-order valence-corrected chi connectivity index (χ2v) is 7.19. The molecule has 0 bridgehead atoms. The van der Waals surface area contributed by atoms with Gasteiger partial charge in [-0.15, -0.1) is 12.4 Å². The highest BCUT2D eigenvalue weighted by Crippen LogP contribution is 2.33. The number of halogens is 5. The van der Waals surface area contributed by atoms with Gasteiger partial charge in [0.15, 0.2) is 0 Å². The molecule has 1 aliphatic rings. The number of hydrogen-bond acceptors (Lipinski definition) is 2. The molecule has 0 saturated carbocycles. The first kappa shape index (κ1) is 22.7. The summed E-state index contributed by atoms with van der Waals surface area (Å²) in [5.74, 6) is 0. The minimum absolute atomic E-state index is 0. The van der Waals surface area contributed by atoms with Crippen LogP contribution in [0.5, 0.6) is 0 Å². The summed E-state index contributed by atoms with van der Waals surface area (Å²) in [4.78, 5) is 2.30. The van der Waals surface area contributed by atoms with Gasteiger partial charge in [0.2, 0.25) is 0 Å². The second-order valence-electron chi connectivity index (χ2n) is 7.19. The zero-order chi connectivity index (χ0) is 19.6. The van der Waals surface area contributed by atoms with Crippen molar-refractivity contribution < 1.29 is 17.6 Å². The molecular weight excluding hydrogens is 392 g/mol. The molecule has 1 saturated heterocycles. The Hall–Kier alpha value is -1.63. The number of rotatable bonds is 5. The molecule has 1 N–H and O–H groups in total. The lowest BCUT2D eigenvalue weighted by atomic mass is 9.93. The lowest BCUT2D eigenvalue weighted by molar-refractivity contribution is 0.113. The first-order valence-corrected chi connectivity index (χ1v) is 9.12. The predicted molar refractivity (Wildman–Crippen MR) is 106 cm³/mol. The number of piperazine rings is 1. The topological polar surface area (TPSA) is 15.3 Å². The Balaban J connectivity index is 0.00000280. The van der Waals surface area contributed by atoms with Crippen LogP contribution in [0.2, 0.25) is 0 Å². The van der Waals surface area contributed by atoms with Gasteiger partial charge in [0.1, 0.15) is 0 Å². The standard InChI is InChI=1S/C21H24F4N2.ClH/c1-13-12-27(14(2)11-26-13)19(15-3-7-17(8-4-15)20(22)23)16-5-9-18(10-6-16)21(24)25;/h3-10,13-14,19-21,26H,11-12H2,1-2H3;1H/t13-,14+;/m0./s1. The summed E-state index contributed by atoms with van der Waals surface area (Å²) in [6.45, 7) is 5.78. The molecule has 7 heteroatoms. The highest BCUT2D eigenvalue weighted by Gasteiger charge is 2.31. The van der Waals surface area contributed by atoms with Crippen LogP contribution < -0.4 is 5.32 Å². The van der Waals surface area contributed by atoms with E-state index in [9.17, 15) is 17.6 Å². The Morgan fingerprint density at radius 3 is 1.57 bits per heavy atom. The van der Waals surface area contributed by atoms with E-state index in [1.54, 1.807) is 24.3 Å². The summed E-state index contributed by atoms with van der Waals surface area (Å²) in [7, 11) is 0. The molecule has 0 aromatic heterocycles. The minimum atomic E-state index is -2.51. The smallest absolute Gasteiger partial charge is 0.263 e. The van der Waals surface area contributed by atoms with E-state index in [1.165, 1.54) is 24.3 Å². The van der Waals surface area contributed by atoms with Gasteiger partial charge >= 0.3 is 0 Å². The molecule has 0 radical (unpaired) electrons. The van der Waals surface area contributed by atoms with Gasteiger partial charge < -0.3 is 5.32 Å². The largest absolute Gasteiger partial charge is 0.311 e. The molecule has 2 atom stereocenters. The van der Waals surface area contributed by atoms with Crippen molar-refractivity contribution in [2.45, 2.75) is 44.8 Å². The van der Waals surface area contributed by atoms with Crippen molar-refractivity contribution in [2.75, 3.05) is 13.1 Å². The summed E-state index contributed by atoms with van der Waals surface area (Å²) in [6.07, 6.45) is -5.03. The molecule has 2 nitrogen and oxygen atoms in total. The summed E-state index contributed by atoms with van der Waals surface area (Å²) < 4.78 is 51.7. The first-order valence-electron chi connectivity index (χ1n) is 9.12. The molecule has 0 aliphatic carbocycles. The van der Waals surface area contributed by atoms with Gasteiger partial charge in [-0.25, -0.2) is 17.6 Å². The molecule has 1 heterocycles. The summed E-state index contributed by atoms with van der Waals surface area (Å²) in [5.41, 5.74) is 1.72. The lowest BCUT2D eigenvalue weighted by Crippen LogP contribution is -2.55. The van der Waals surface area contributed by atoms with E-state index in [1.807, 2.05) is 0 Å². The zero-order valence-electron chi connectivity index (χ0n) is 15.8. The van der Waals surface area contributed by atoms with Gasteiger partial charge in [0, 0.05) is 36.3 Å². The molecule has 28 heavy (non-hydrogen) atoms. The van der Waals surface area contributed by atoms with Crippen molar-refractivity contribution >= 4 is 12.4 Å². The SMILES string of the molecule is C[C@@H]1CN[C@@H](C)CN1C(c1ccc(C(F)F)cc1)c1ccc(C(F)F)cc1.Cl. The molecule has 3 rings (SSSR count). The Morgan fingerprint density at radius 1 is 0.786 bits per heavy atom. The van der Waals surface area contributed by atoms with E-state index in [-0.39, 0.29) is 41.7 Å². The van der Waals surface area contributed by atoms with Crippen LogP contribution >= 0.6 is 12.4 Å². The maximum absolute atomic E-state index is 12.9. The van der Waals surface area contributed by atoms with Crippen LogP contribution in [-0.4, -0.2) is 30.1 Å². The van der Waals surface area contributed by atoms with Crippen molar-refractivity contribution in [2.24, 2.45) is 0 Å². The quantitative estimate of drug-likeness (QED) is 0.624. The van der Waals surface area contributed by atoms with Gasteiger partial charge in [-0.3, -0.25) is 4.90 Å². The Bertz CT molecular complexity index is 686. The van der Waals surface area contributed by atoms with Crippen LogP contribution in [0.1, 0.15) is 55.0 Å². The third kappa shape index (κ3) is 5.04. The molecule has 1 aliphatic heterocycles. The fourth-order valence-electron chi connectivity index (χ4n) is 3.63. The molecule has 1 fully saturated rings. The number of alkyl halides is 4. The minimum Gasteiger partial charge on any atom is -0.311 e. The maximum atomic E-state index is 12.9. The van der Waals surface area contributed by atoms with Gasteiger partial charge in [-0.1, -0.05) is 48.5 Å². The van der Waals surface area contributed by atoms with Gasteiger partial charge in [0.05, 0.1) is 6.04 Å². The number of benzene rings is 2. The maximum Gasteiger partial charge on any atom is 0.263 e. The molecule has 0 amide bonds. The van der Waals surface area contributed by atoms with Crippen LogP contribution in [0.15, 0.2) is 48.5 Å². The Morgan fingerprint density at radius 2 is 1.18 bits per heavy atom. The monoisotopic (exact) mass is 416 g/mol.